The first-order valence-corrected chi connectivity index (χ1v) is 3.80. The van der Waals surface area contributed by atoms with Crippen LogP contribution in [0, 0.1) is 5.95 Å². The minimum atomic E-state index is -0.434. The largest absolute Gasteiger partial charge is 0.309 e. The number of hydrogen-bond donors (Lipinski definition) is 1. The third-order valence-corrected chi connectivity index (χ3v) is 1.99. The molecule has 13 heavy (non-hydrogen) atoms. The van der Waals surface area contributed by atoms with Gasteiger partial charge in [0.1, 0.15) is 0 Å². The smallest absolute Gasteiger partial charge is 0.213 e. The van der Waals surface area contributed by atoms with Gasteiger partial charge in [-0.3, -0.25) is 0 Å². The van der Waals surface area contributed by atoms with Gasteiger partial charge in [-0.15, -0.1) is 12.4 Å². The zero-order chi connectivity index (χ0) is 8.55. The second-order valence-electron chi connectivity index (χ2n) is 2.87. The van der Waals surface area contributed by atoms with E-state index in [9.17, 15) is 4.39 Å². The monoisotopic (exact) mass is 200 g/mol. The molecule has 0 aliphatic carbocycles. The van der Waals surface area contributed by atoms with Gasteiger partial charge >= 0.3 is 0 Å². The van der Waals surface area contributed by atoms with Crippen molar-refractivity contribution in [1.29, 1.82) is 0 Å². The van der Waals surface area contributed by atoms with E-state index in [1.807, 2.05) is 0 Å². The van der Waals surface area contributed by atoms with Gasteiger partial charge in [0.2, 0.25) is 5.95 Å². The molecule has 0 atom stereocenters. The first kappa shape index (κ1) is 10.2. The van der Waals surface area contributed by atoms with Crippen LogP contribution in [0.4, 0.5) is 4.39 Å². The maximum Gasteiger partial charge on any atom is 0.213 e. The summed E-state index contributed by atoms with van der Waals surface area (Å²) in [5.74, 6) is -0.434. The molecule has 0 saturated carbocycles. The Labute approximate surface area is 82.3 Å². The van der Waals surface area contributed by atoms with Gasteiger partial charge < -0.3 is 5.32 Å². The summed E-state index contributed by atoms with van der Waals surface area (Å²) in [7, 11) is 0. The second-order valence-corrected chi connectivity index (χ2v) is 2.87. The summed E-state index contributed by atoms with van der Waals surface area (Å²) in [5.41, 5.74) is 2.85. The van der Waals surface area contributed by atoms with E-state index >= 15 is 0 Å². The summed E-state index contributed by atoms with van der Waals surface area (Å²) >= 11 is 0. The van der Waals surface area contributed by atoms with Crippen molar-refractivity contribution in [2.75, 3.05) is 6.54 Å². The number of halogens is 2. The highest BCUT2D eigenvalue weighted by atomic mass is 35.5. The molecule has 0 unspecified atom stereocenters. The van der Waals surface area contributed by atoms with E-state index in [1.54, 1.807) is 6.20 Å². The first-order chi connectivity index (χ1) is 5.77. The molecule has 0 spiro atoms. The fourth-order valence-electron chi connectivity index (χ4n) is 1.37. The van der Waals surface area contributed by atoms with Crippen molar-refractivity contribution in [3.05, 3.63) is 35.9 Å². The zero-order valence-electron chi connectivity index (χ0n) is 7.01. The minimum absolute atomic E-state index is 0. The second kappa shape index (κ2) is 3.85. The van der Waals surface area contributed by atoms with Crippen LogP contribution < -0.4 is 5.32 Å². The van der Waals surface area contributed by atoms with Gasteiger partial charge in [-0.2, -0.15) is 4.39 Å². The van der Waals surface area contributed by atoms with Crippen molar-refractivity contribution in [2.45, 2.75) is 6.54 Å². The van der Waals surface area contributed by atoms with Crippen molar-refractivity contribution in [1.82, 2.24) is 10.3 Å². The van der Waals surface area contributed by atoms with Gasteiger partial charge in [-0.05, 0) is 16.7 Å². The molecule has 1 N–H and O–H groups in total. The average Bonchev–Trinajstić information content (AvgIpc) is 2.07. The molecule has 2 heterocycles. The lowest BCUT2D eigenvalue weighted by Gasteiger charge is -2.18. The van der Waals surface area contributed by atoms with E-state index in [0.29, 0.717) is 0 Å². The quantitative estimate of drug-likeness (QED) is 0.646. The van der Waals surface area contributed by atoms with Gasteiger partial charge in [-0.25, -0.2) is 4.98 Å². The van der Waals surface area contributed by atoms with Crippen LogP contribution in [0.15, 0.2) is 18.8 Å². The van der Waals surface area contributed by atoms with Crippen LogP contribution in [0.2, 0.25) is 0 Å². The molecule has 0 amide bonds. The highest BCUT2D eigenvalue weighted by Gasteiger charge is 2.12. The molecule has 4 heteroatoms. The SMILES string of the molecule is C=C1CNCc2cnc(F)cc21.Cl. The maximum atomic E-state index is 12.7. The summed E-state index contributed by atoms with van der Waals surface area (Å²) < 4.78 is 12.7. The summed E-state index contributed by atoms with van der Waals surface area (Å²) in [6.45, 7) is 5.32. The number of nitrogens with one attached hydrogen (secondary N) is 1. The number of rotatable bonds is 0. The predicted molar refractivity (Wildman–Crippen MR) is 52.2 cm³/mol. The maximum absolute atomic E-state index is 12.7. The summed E-state index contributed by atoms with van der Waals surface area (Å²) in [6, 6.07) is 1.44. The van der Waals surface area contributed by atoms with E-state index in [4.69, 9.17) is 0 Å². The van der Waals surface area contributed by atoms with Gasteiger partial charge in [0.15, 0.2) is 0 Å². The number of nitrogens with zero attached hydrogens (tertiary/aromatic N) is 1. The normalized spacial score (nSPS) is 14.7. The number of pyridine rings is 1. The molecule has 1 aromatic heterocycles. The summed E-state index contributed by atoms with van der Waals surface area (Å²) in [6.07, 6.45) is 1.56. The van der Waals surface area contributed by atoms with Crippen molar-refractivity contribution in [3.8, 4) is 0 Å². The lowest BCUT2D eigenvalue weighted by molar-refractivity contribution is 0.578. The molecule has 2 nitrogen and oxygen atoms in total. The molecule has 1 aliphatic heterocycles. The van der Waals surface area contributed by atoms with Gasteiger partial charge in [0.25, 0.3) is 0 Å². The Hall–Kier alpha value is -0.930. The van der Waals surface area contributed by atoms with Crippen LogP contribution >= 0.6 is 12.4 Å². The summed E-state index contributed by atoms with van der Waals surface area (Å²) in [4.78, 5) is 3.58. The summed E-state index contributed by atoms with van der Waals surface area (Å²) in [5, 5.41) is 3.15. The molecule has 2 rings (SSSR count). The van der Waals surface area contributed by atoms with E-state index in [1.165, 1.54) is 6.07 Å². The fourth-order valence-corrected chi connectivity index (χ4v) is 1.37. The van der Waals surface area contributed by atoms with Crippen LogP contribution in [0.5, 0.6) is 0 Å². The van der Waals surface area contributed by atoms with E-state index in [0.717, 1.165) is 29.8 Å². The van der Waals surface area contributed by atoms with Crippen molar-refractivity contribution in [3.63, 3.8) is 0 Å². The Balaban J connectivity index is 0.000000845. The molecule has 0 radical (unpaired) electrons. The Bertz CT molecular complexity index is 338. The third-order valence-electron chi connectivity index (χ3n) is 1.99. The lowest BCUT2D eigenvalue weighted by Crippen LogP contribution is -2.22. The Morgan fingerprint density at radius 1 is 1.46 bits per heavy atom. The molecule has 1 aromatic rings. The van der Waals surface area contributed by atoms with Crippen LogP contribution in [0.25, 0.3) is 5.57 Å². The van der Waals surface area contributed by atoms with Crippen molar-refractivity contribution >= 4 is 18.0 Å². The van der Waals surface area contributed by atoms with Crippen LogP contribution in [0.3, 0.4) is 0 Å². The van der Waals surface area contributed by atoms with Crippen molar-refractivity contribution < 1.29 is 4.39 Å². The molecule has 0 saturated heterocycles. The van der Waals surface area contributed by atoms with Crippen LogP contribution in [0.1, 0.15) is 11.1 Å². The van der Waals surface area contributed by atoms with Crippen LogP contribution in [-0.2, 0) is 6.54 Å². The Kier molecular flexibility index (Phi) is 3.01. The molecular formula is C9H10ClFN2. The lowest BCUT2D eigenvalue weighted by atomic mass is 10.00. The standard InChI is InChI=1S/C9H9FN2.ClH/c1-6-3-11-4-7-5-12-9(10)2-8(6)7;/h2,5,11H,1,3-4H2;1H. The zero-order valence-corrected chi connectivity index (χ0v) is 7.83. The molecule has 0 fully saturated rings. The third kappa shape index (κ3) is 1.87. The fraction of sp³-hybridized carbons (Fsp3) is 0.222. The van der Waals surface area contributed by atoms with E-state index < -0.39 is 5.95 Å². The van der Waals surface area contributed by atoms with E-state index in [2.05, 4.69) is 16.9 Å². The Morgan fingerprint density at radius 3 is 3.00 bits per heavy atom. The van der Waals surface area contributed by atoms with Gasteiger partial charge in [0.05, 0.1) is 0 Å². The molecule has 70 valence electrons. The Morgan fingerprint density at radius 2 is 2.23 bits per heavy atom. The molecule has 0 aromatic carbocycles. The first-order valence-electron chi connectivity index (χ1n) is 3.80. The van der Waals surface area contributed by atoms with E-state index in [-0.39, 0.29) is 12.4 Å². The number of fused-ring (bicyclic) bond motifs is 1. The van der Waals surface area contributed by atoms with Gasteiger partial charge in [0, 0.05) is 25.4 Å². The molecular weight excluding hydrogens is 191 g/mol. The number of hydrogen-bond acceptors (Lipinski definition) is 2. The predicted octanol–water partition coefficient (Wildman–Crippen LogP) is 1.76. The van der Waals surface area contributed by atoms with Gasteiger partial charge in [-0.1, -0.05) is 6.58 Å². The average molecular weight is 201 g/mol. The highest BCUT2D eigenvalue weighted by Crippen LogP contribution is 2.20. The minimum Gasteiger partial charge on any atom is -0.309 e. The highest BCUT2D eigenvalue weighted by molar-refractivity contribution is 5.85. The number of aromatic nitrogens is 1. The van der Waals surface area contributed by atoms with Crippen molar-refractivity contribution in [2.24, 2.45) is 0 Å². The topological polar surface area (TPSA) is 24.9 Å². The molecule has 0 bridgehead atoms. The van der Waals surface area contributed by atoms with Crippen LogP contribution in [-0.4, -0.2) is 11.5 Å². The molecule has 1 aliphatic rings.